The molecule has 2 aromatic heterocycles. The van der Waals surface area contributed by atoms with Crippen LogP contribution in [0.25, 0.3) is 11.3 Å². The molecule has 2 aromatic carbocycles. The molecule has 0 radical (unpaired) electrons. The van der Waals surface area contributed by atoms with E-state index in [2.05, 4.69) is 20.6 Å². The van der Waals surface area contributed by atoms with Crippen LogP contribution in [0.4, 0.5) is 5.00 Å². The third-order valence-electron chi connectivity index (χ3n) is 6.18. The van der Waals surface area contributed by atoms with Crippen molar-refractivity contribution in [2.75, 3.05) is 11.1 Å². The van der Waals surface area contributed by atoms with E-state index in [-0.39, 0.29) is 17.6 Å². The number of thioether (sulfide) groups is 1. The Labute approximate surface area is 225 Å². The van der Waals surface area contributed by atoms with E-state index in [0.29, 0.717) is 22.3 Å². The summed E-state index contributed by atoms with van der Waals surface area (Å²) < 4.78 is 0. The van der Waals surface area contributed by atoms with E-state index in [1.807, 2.05) is 73.7 Å². The number of carbonyl (C=O) groups is 2. The lowest BCUT2D eigenvalue weighted by Crippen LogP contribution is -2.25. The number of benzene rings is 2. The lowest BCUT2D eigenvalue weighted by atomic mass is 9.95. The zero-order chi connectivity index (χ0) is 25.6. The van der Waals surface area contributed by atoms with Gasteiger partial charge in [0.1, 0.15) is 5.00 Å². The molecule has 0 unspecified atom stereocenters. The topological polar surface area (TPSA) is 84.0 Å². The van der Waals surface area contributed by atoms with Gasteiger partial charge in [0.25, 0.3) is 5.91 Å². The number of aryl methyl sites for hydroxylation is 2. The molecule has 2 heterocycles. The summed E-state index contributed by atoms with van der Waals surface area (Å²) in [5, 5.41) is 7.26. The maximum atomic E-state index is 13.3. The summed E-state index contributed by atoms with van der Waals surface area (Å²) in [5.41, 5.74) is 5.43. The van der Waals surface area contributed by atoms with Crippen molar-refractivity contribution in [2.45, 2.75) is 44.3 Å². The van der Waals surface area contributed by atoms with E-state index in [0.717, 1.165) is 53.8 Å². The Morgan fingerprint density at radius 2 is 1.70 bits per heavy atom. The van der Waals surface area contributed by atoms with Crippen molar-refractivity contribution in [3.05, 3.63) is 94.0 Å². The second-order valence-corrected chi connectivity index (χ2v) is 11.0. The lowest BCUT2D eigenvalue weighted by molar-refractivity contribution is -0.113. The van der Waals surface area contributed by atoms with Crippen LogP contribution in [0, 0.1) is 6.92 Å². The summed E-state index contributed by atoms with van der Waals surface area (Å²) in [4.78, 5) is 36.6. The van der Waals surface area contributed by atoms with Crippen molar-refractivity contribution in [1.82, 2.24) is 15.3 Å². The number of anilines is 1. The molecule has 0 atom stereocenters. The van der Waals surface area contributed by atoms with E-state index in [1.54, 1.807) is 0 Å². The first-order chi connectivity index (χ1) is 18.1. The fourth-order valence-electron chi connectivity index (χ4n) is 4.42. The molecule has 0 bridgehead atoms. The zero-order valence-corrected chi connectivity index (χ0v) is 22.3. The molecular formula is C29H28N4O2S2. The van der Waals surface area contributed by atoms with Crippen molar-refractivity contribution in [3.63, 3.8) is 0 Å². The number of fused-ring (bicyclic) bond motifs is 1. The second-order valence-electron chi connectivity index (χ2n) is 8.96. The number of amides is 2. The average molecular weight is 529 g/mol. The Bertz CT molecular complexity index is 1400. The fourth-order valence-corrected chi connectivity index (χ4v) is 6.42. The lowest BCUT2D eigenvalue weighted by Gasteiger charge is -2.13. The Hall–Kier alpha value is -3.49. The Morgan fingerprint density at radius 3 is 2.49 bits per heavy atom. The van der Waals surface area contributed by atoms with Gasteiger partial charge < -0.3 is 10.6 Å². The molecular weight excluding hydrogens is 500 g/mol. The molecule has 0 aliphatic heterocycles. The van der Waals surface area contributed by atoms with Crippen LogP contribution in [-0.4, -0.2) is 27.5 Å². The van der Waals surface area contributed by atoms with Crippen molar-refractivity contribution < 1.29 is 9.59 Å². The number of nitrogens with zero attached hydrogens (tertiary/aromatic N) is 2. The Morgan fingerprint density at radius 1 is 0.973 bits per heavy atom. The maximum Gasteiger partial charge on any atom is 0.254 e. The van der Waals surface area contributed by atoms with Crippen molar-refractivity contribution in [3.8, 4) is 11.3 Å². The Balaban J connectivity index is 1.28. The minimum Gasteiger partial charge on any atom is -0.348 e. The molecule has 188 valence electrons. The average Bonchev–Trinajstić information content (AvgIpc) is 3.29. The summed E-state index contributed by atoms with van der Waals surface area (Å²) in [5.74, 6) is -0.154. The zero-order valence-electron chi connectivity index (χ0n) is 20.6. The second kappa shape index (κ2) is 11.7. The molecule has 4 aromatic rings. The van der Waals surface area contributed by atoms with Gasteiger partial charge in [-0.15, -0.1) is 11.3 Å². The van der Waals surface area contributed by atoms with Gasteiger partial charge in [-0.3, -0.25) is 9.59 Å². The van der Waals surface area contributed by atoms with Gasteiger partial charge >= 0.3 is 0 Å². The first-order valence-corrected chi connectivity index (χ1v) is 14.2. The molecule has 0 spiro atoms. The molecule has 5 rings (SSSR count). The first kappa shape index (κ1) is 25.2. The largest absolute Gasteiger partial charge is 0.348 e. The highest BCUT2D eigenvalue weighted by Crippen LogP contribution is 2.38. The van der Waals surface area contributed by atoms with Crippen molar-refractivity contribution in [1.29, 1.82) is 0 Å². The molecule has 0 saturated carbocycles. The van der Waals surface area contributed by atoms with Crippen molar-refractivity contribution >= 4 is 39.9 Å². The molecule has 2 amide bonds. The molecule has 2 N–H and O–H groups in total. The van der Waals surface area contributed by atoms with Gasteiger partial charge in [0.15, 0.2) is 5.16 Å². The SMILES string of the molecule is Cc1cc(-c2ccccc2)nc(SCC(=O)Nc2sc3c(c2C(=O)NCc2ccccc2)CCCC3)n1. The highest BCUT2D eigenvalue weighted by Gasteiger charge is 2.26. The third-order valence-corrected chi connectivity index (χ3v) is 8.24. The van der Waals surface area contributed by atoms with Gasteiger partial charge in [-0.25, -0.2) is 9.97 Å². The van der Waals surface area contributed by atoms with Crippen LogP contribution in [0.5, 0.6) is 0 Å². The first-order valence-electron chi connectivity index (χ1n) is 12.4. The molecule has 1 aliphatic carbocycles. The van der Waals surface area contributed by atoms with E-state index in [1.165, 1.54) is 28.0 Å². The minimum absolute atomic E-state index is 0.138. The van der Waals surface area contributed by atoms with Crippen LogP contribution >= 0.6 is 23.1 Å². The number of hydrogen-bond acceptors (Lipinski definition) is 6. The van der Waals surface area contributed by atoms with E-state index in [9.17, 15) is 9.59 Å². The molecule has 0 fully saturated rings. The smallest absolute Gasteiger partial charge is 0.254 e. The number of aromatic nitrogens is 2. The predicted molar refractivity (Wildman–Crippen MR) is 150 cm³/mol. The normalized spacial score (nSPS) is 12.6. The molecule has 6 nitrogen and oxygen atoms in total. The van der Waals surface area contributed by atoms with Crippen LogP contribution in [-0.2, 0) is 24.2 Å². The van der Waals surface area contributed by atoms with E-state index in [4.69, 9.17) is 0 Å². The van der Waals surface area contributed by atoms with Crippen LogP contribution in [0.15, 0.2) is 71.9 Å². The van der Waals surface area contributed by atoms with Gasteiger partial charge in [0, 0.05) is 22.7 Å². The van der Waals surface area contributed by atoms with Crippen LogP contribution in [0.2, 0.25) is 0 Å². The molecule has 37 heavy (non-hydrogen) atoms. The highest BCUT2D eigenvalue weighted by molar-refractivity contribution is 7.99. The monoisotopic (exact) mass is 528 g/mol. The highest BCUT2D eigenvalue weighted by atomic mass is 32.2. The summed E-state index contributed by atoms with van der Waals surface area (Å²) in [6.07, 6.45) is 3.98. The number of thiophene rings is 1. The number of nitrogens with one attached hydrogen (secondary N) is 2. The number of hydrogen-bond donors (Lipinski definition) is 2. The minimum atomic E-state index is -0.174. The van der Waals surface area contributed by atoms with E-state index >= 15 is 0 Å². The molecule has 1 aliphatic rings. The standard InChI is InChI=1S/C29H28N4O2S2/c1-19-16-23(21-12-6-3-7-13-21)32-29(31-19)36-18-25(34)33-28-26(22-14-8-9-15-24(22)37-28)27(35)30-17-20-10-4-2-5-11-20/h2-7,10-13,16H,8-9,14-15,17-18H2,1H3,(H,30,35)(H,33,34). The molecule has 8 heteroatoms. The van der Waals surface area contributed by atoms with Gasteiger partial charge in [0.2, 0.25) is 5.91 Å². The number of rotatable bonds is 8. The summed E-state index contributed by atoms with van der Waals surface area (Å²) >= 11 is 2.83. The maximum absolute atomic E-state index is 13.3. The summed E-state index contributed by atoms with van der Waals surface area (Å²) in [6.45, 7) is 2.37. The third kappa shape index (κ3) is 6.26. The van der Waals surface area contributed by atoms with Gasteiger partial charge in [-0.2, -0.15) is 0 Å². The van der Waals surface area contributed by atoms with Gasteiger partial charge in [-0.05, 0) is 49.8 Å². The predicted octanol–water partition coefficient (Wildman–Crippen LogP) is 6.05. The Kier molecular flexibility index (Phi) is 7.96. The van der Waals surface area contributed by atoms with Crippen molar-refractivity contribution in [2.24, 2.45) is 0 Å². The molecule has 0 saturated heterocycles. The summed E-state index contributed by atoms with van der Waals surface area (Å²) in [6, 6.07) is 21.7. The van der Waals surface area contributed by atoms with Gasteiger partial charge in [0.05, 0.1) is 17.0 Å². The van der Waals surface area contributed by atoms with Crippen LogP contribution in [0.3, 0.4) is 0 Å². The van der Waals surface area contributed by atoms with E-state index < -0.39 is 0 Å². The fraction of sp³-hybridized carbons (Fsp3) is 0.241. The van der Waals surface area contributed by atoms with Crippen LogP contribution < -0.4 is 10.6 Å². The number of carbonyl (C=O) groups excluding carboxylic acids is 2. The van der Waals surface area contributed by atoms with Gasteiger partial charge in [-0.1, -0.05) is 72.4 Å². The van der Waals surface area contributed by atoms with Crippen LogP contribution in [0.1, 0.15) is 44.9 Å². The quantitative estimate of drug-likeness (QED) is 0.215. The summed E-state index contributed by atoms with van der Waals surface area (Å²) in [7, 11) is 0.